The maximum Gasteiger partial charge on any atom is 0.234 e. The quantitative estimate of drug-likeness (QED) is 0.729. The maximum absolute atomic E-state index is 11.8. The van der Waals surface area contributed by atoms with Crippen molar-refractivity contribution in [1.82, 2.24) is 15.5 Å². The van der Waals surface area contributed by atoms with Gasteiger partial charge in [-0.05, 0) is 50.6 Å². The van der Waals surface area contributed by atoms with Gasteiger partial charge in [0.2, 0.25) is 5.91 Å². The molecule has 4 heteroatoms. The molecule has 0 aromatic carbocycles. The summed E-state index contributed by atoms with van der Waals surface area (Å²) in [6.07, 6.45) is 5.11. The van der Waals surface area contributed by atoms with Gasteiger partial charge in [0.05, 0.1) is 6.54 Å². The van der Waals surface area contributed by atoms with Crippen molar-refractivity contribution in [2.45, 2.75) is 45.6 Å². The lowest BCUT2D eigenvalue weighted by atomic mass is 9.97. The first-order chi connectivity index (χ1) is 9.13. The Bertz CT molecular complexity index is 289. The number of piperidine rings is 1. The third-order valence-corrected chi connectivity index (χ3v) is 4.07. The number of amides is 1. The summed E-state index contributed by atoms with van der Waals surface area (Å²) in [7, 11) is 0. The van der Waals surface area contributed by atoms with Crippen molar-refractivity contribution >= 4 is 5.91 Å². The van der Waals surface area contributed by atoms with Crippen LogP contribution in [0, 0.1) is 11.8 Å². The molecular formula is C15H29N3O. The topological polar surface area (TPSA) is 44.4 Å². The van der Waals surface area contributed by atoms with Crippen molar-refractivity contribution < 1.29 is 4.79 Å². The van der Waals surface area contributed by atoms with Crippen molar-refractivity contribution in [3.05, 3.63) is 0 Å². The molecule has 1 amide bonds. The smallest absolute Gasteiger partial charge is 0.234 e. The Kier molecular flexibility index (Phi) is 5.64. The van der Waals surface area contributed by atoms with Crippen LogP contribution in [-0.4, -0.2) is 49.6 Å². The SMILES string of the molecule is CC(C)NCC1CCCN(CC(=O)NCC2CC2)C1. The summed E-state index contributed by atoms with van der Waals surface area (Å²) in [6.45, 7) is 9.08. The van der Waals surface area contributed by atoms with Gasteiger partial charge in [-0.15, -0.1) is 0 Å². The predicted molar refractivity (Wildman–Crippen MR) is 78.0 cm³/mol. The monoisotopic (exact) mass is 267 g/mol. The molecule has 0 spiro atoms. The summed E-state index contributed by atoms with van der Waals surface area (Å²) in [5.74, 6) is 1.69. The lowest BCUT2D eigenvalue weighted by molar-refractivity contribution is -0.122. The fourth-order valence-corrected chi connectivity index (χ4v) is 2.70. The molecule has 2 N–H and O–H groups in total. The highest BCUT2D eigenvalue weighted by Gasteiger charge is 2.24. The molecule has 2 rings (SSSR count). The first kappa shape index (κ1) is 14.8. The molecule has 0 aromatic heterocycles. The number of hydrogen-bond donors (Lipinski definition) is 2. The highest BCUT2D eigenvalue weighted by Crippen LogP contribution is 2.27. The Morgan fingerprint density at radius 1 is 1.21 bits per heavy atom. The molecule has 0 bridgehead atoms. The first-order valence-electron chi connectivity index (χ1n) is 7.86. The van der Waals surface area contributed by atoms with E-state index in [1.807, 2.05) is 0 Å². The van der Waals surface area contributed by atoms with E-state index in [-0.39, 0.29) is 5.91 Å². The van der Waals surface area contributed by atoms with E-state index in [0.29, 0.717) is 18.5 Å². The fraction of sp³-hybridized carbons (Fsp3) is 0.933. The van der Waals surface area contributed by atoms with E-state index in [4.69, 9.17) is 0 Å². The van der Waals surface area contributed by atoms with Gasteiger partial charge in [0.25, 0.3) is 0 Å². The van der Waals surface area contributed by atoms with Crippen LogP contribution in [0.25, 0.3) is 0 Å². The van der Waals surface area contributed by atoms with Crippen molar-refractivity contribution in [3.63, 3.8) is 0 Å². The van der Waals surface area contributed by atoms with Crippen LogP contribution in [0.5, 0.6) is 0 Å². The third kappa shape index (κ3) is 5.91. The summed E-state index contributed by atoms with van der Waals surface area (Å²) >= 11 is 0. The highest BCUT2D eigenvalue weighted by molar-refractivity contribution is 5.78. The maximum atomic E-state index is 11.8. The lowest BCUT2D eigenvalue weighted by Gasteiger charge is -2.32. The van der Waals surface area contributed by atoms with Crippen LogP contribution in [0.2, 0.25) is 0 Å². The number of likely N-dealkylation sites (tertiary alicyclic amines) is 1. The second-order valence-corrected chi connectivity index (χ2v) is 6.55. The summed E-state index contributed by atoms with van der Waals surface area (Å²) in [5, 5.41) is 6.57. The van der Waals surface area contributed by atoms with Crippen LogP contribution in [0.3, 0.4) is 0 Å². The zero-order chi connectivity index (χ0) is 13.7. The highest BCUT2D eigenvalue weighted by atomic mass is 16.2. The fourth-order valence-electron chi connectivity index (χ4n) is 2.70. The molecule has 1 saturated carbocycles. The van der Waals surface area contributed by atoms with Crippen LogP contribution in [0.1, 0.15) is 39.5 Å². The average molecular weight is 267 g/mol. The number of nitrogens with one attached hydrogen (secondary N) is 2. The predicted octanol–water partition coefficient (Wildman–Crippen LogP) is 1.22. The second kappa shape index (κ2) is 7.25. The number of carbonyl (C=O) groups is 1. The Hall–Kier alpha value is -0.610. The molecule has 1 atom stereocenters. The van der Waals surface area contributed by atoms with Crippen molar-refractivity contribution in [3.8, 4) is 0 Å². The van der Waals surface area contributed by atoms with Crippen LogP contribution >= 0.6 is 0 Å². The number of rotatable bonds is 7. The van der Waals surface area contributed by atoms with Crippen LogP contribution in [0.15, 0.2) is 0 Å². The van der Waals surface area contributed by atoms with Gasteiger partial charge < -0.3 is 10.6 Å². The first-order valence-corrected chi connectivity index (χ1v) is 7.86. The Balaban J connectivity index is 1.63. The van der Waals surface area contributed by atoms with Crippen LogP contribution in [-0.2, 0) is 4.79 Å². The zero-order valence-electron chi connectivity index (χ0n) is 12.5. The van der Waals surface area contributed by atoms with Gasteiger partial charge in [0, 0.05) is 19.1 Å². The Labute approximate surface area is 117 Å². The minimum Gasteiger partial charge on any atom is -0.355 e. The molecule has 2 fully saturated rings. The van der Waals surface area contributed by atoms with E-state index >= 15 is 0 Å². The number of hydrogen-bond acceptors (Lipinski definition) is 3. The Morgan fingerprint density at radius 2 is 2.00 bits per heavy atom. The van der Waals surface area contributed by atoms with Gasteiger partial charge in [-0.1, -0.05) is 13.8 Å². The van der Waals surface area contributed by atoms with E-state index in [0.717, 1.165) is 32.1 Å². The molecule has 1 saturated heterocycles. The molecule has 0 radical (unpaired) electrons. The average Bonchev–Trinajstić information content (AvgIpc) is 3.18. The molecule has 1 aliphatic carbocycles. The molecule has 0 aromatic rings. The summed E-state index contributed by atoms with van der Waals surface area (Å²) in [4.78, 5) is 14.2. The van der Waals surface area contributed by atoms with Crippen molar-refractivity contribution in [2.24, 2.45) is 11.8 Å². The van der Waals surface area contributed by atoms with Crippen LogP contribution in [0.4, 0.5) is 0 Å². The minimum atomic E-state index is 0.212. The third-order valence-electron chi connectivity index (χ3n) is 4.07. The van der Waals surface area contributed by atoms with E-state index in [9.17, 15) is 4.79 Å². The summed E-state index contributed by atoms with van der Waals surface area (Å²) in [5.41, 5.74) is 0. The van der Waals surface area contributed by atoms with Crippen molar-refractivity contribution in [1.29, 1.82) is 0 Å². The second-order valence-electron chi connectivity index (χ2n) is 6.55. The van der Waals surface area contributed by atoms with Crippen molar-refractivity contribution in [2.75, 3.05) is 32.7 Å². The van der Waals surface area contributed by atoms with E-state index in [1.165, 1.54) is 25.7 Å². The van der Waals surface area contributed by atoms with E-state index in [2.05, 4.69) is 29.4 Å². The van der Waals surface area contributed by atoms with Gasteiger partial charge in [0.15, 0.2) is 0 Å². The molecule has 1 heterocycles. The molecule has 19 heavy (non-hydrogen) atoms. The zero-order valence-corrected chi connectivity index (χ0v) is 12.5. The number of nitrogens with zero attached hydrogens (tertiary/aromatic N) is 1. The molecule has 4 nitrogen and oxygen atoms in total. The molecule has 1 unspecified atom stereocenters. The normalized spacial score (nSPS) is 24.7. The molecule has 110 valence electrons. The van der Waals surface area contributed by atoms with E-state index in [1.54, 1.807) is 0 Å². The standard InChI is InChI=1S/C15H29N3O/c1-12(2)16-9-14-4-3-7-18(10-14)11-15(19)17-8-13-5-6-13/h12-14,16H,3-11H2,1-2H3,(H,17,19). The number of carbonyl (C=O) groups excluding carboxylic acids is 1. The van der Waals surface area contributed by atoms with Gasteiger partial charge in [0.1, 0.15) is 0 Å². The van der Waals surface area contributed by atoms with Gasteiger partial charge in [-0.3, -0.25) is 9.69 Å². The van der Waals surface area contributed by atoms with Gasteiger partial charge >= 0.3 is 0 Å². The van der Waals surface area contributed by atoms with E-state index < -0.39 is 0 Å². The molecule has 1 aliphatic heterocycles. The largest absolute Gasteiger partial charge is 0.355 e. The van der Waals surface area contributed by atoms with Crippen LogP contribution < -0.4 is 10.6 Å². The summed E-state index contributed by atoms with van der Waals surface area (Å²) in [6, 6.07) is 0.553. The molecular weight excluding hydrogens is 238 g/mol. The Morgan fingerprint density at radius 3 is 2.68 bits per heavy atom. The van der Waals surface area contributed by atoms with Gasteiger partial charge in [-0.25, -0.2) is 0 Å². The minimum absolute atomic E-state index is 0.212. The van der Waals surface area contributed by atoms with Gasteiger partial charge in [-0.2, -0.15) is 0 Å². The lowest BCUT2D eigenvalue weighted by Crippen LogP contribution is -2.45. The molecule has 2 aliphatic rings. The summed E-state index contributed by atoms with van der Waals surface area (Å²) < 4.78 is 0.